The van der Waals surface area contributed by atoms with Crippen molar-refractivity contribution in [2.45, 2.75) is 12.8 Å². The molecule has 0 saturated heterocycles. The number of H-pyrrole nitrogens is 2. The van der Waals surface area contributed by atoms with Gasteiger partial charge in [-0.15, -0.1) is 0 Å². The van der Waals surface area contributed by atoms with Crippen molar-refractivity contribution < 1.29 is 5.11 Å². The van der Waals surface area contributed by atoms with E-state index in [4.69, 9.17) is 5.11 Å². The highest BCUT2D eigenvalue weighted by Gasteiger charge is 1.99. The number of benzene rings is 1. The Morgan fingerprint density at radius 3 is 2.35 bits per heavy atom. The maximum absolute atomic E-state index is 11.1. The van der Waals surface area contributed by atoms with Crippen molar-refractivity contribution in [3.8, 4) is 5.75 Å². The average Bonchev–Trinajstić information content (AvgIpc) is 2.33. The van der Waals surface area contributed by atoms with Crippen molar-refractivity contribution in [1.82, 2.24) is 10.2 Å². The standard InChI is InChI=1S/C12H12N2O3/c15-10-5-2-8(3-6-10)1-4-9-7-11(16)12(17)14-13-9/h2-3,5-7,15H,1,4H2,(H,13,16)(H,14,17). The van der Waals surface area contributed by atoms with Gasteiger partial charge in [-0.2, -0.15) is 0 Å². The number of aromatic nitrogens is 2. The molecule has 0 amide bonds. The second-order valence-corrected chi connectivity index (χ2v) is 3.78. The van der Waals surface area contributed by atoms with Gasteiger partial charge in [0.25, 0.3) is 0 Å². The van der Waals surface area contributed by atoms with E-state index in [1.165, 1.54) is 6.07 Å². The molecule has 5 nitrogen and oxygen atoms in total. The average molecular weight is 232 g/mol. The van der Waals surface area contributed by atoms with Gasteiger partial charge in [0.05, 0.1) is 0 Å². The van der Waals surface area contributed by atoms with Crippen molar-refractivity contribution in [2.24, 2.45) is 0 Å². The zero-order chi connectivity index (χ0) is 12.3. The fourth-order valence-corrected chi connectivity index (χ4v) is 1.53. The Balaban J connectivity index is 2.07. The molecule has 2 aromatic rings. The van der Waals surface area contributed by atoms with Crippen molar-refractivity contribution in [1.29, 1.82) is 0 Å². The van der Waals surface area contributed by atoms with E-state index in [-0.39, 0.29) is 5.75 Å². The van der Waals surface area contributed by atoms with Crippen molar-refractivity contribution in [2.75, 3.05) is 0 Å². The van der Waals surface area contributed by atoms with Gasteiger partial charge in [-0.3, -0.25) is 14.7 Å². The number of rotatable bonds is 3. The molecule has 0 spiro atoms. The van der Waals surface area contributed by atoms with Gasteiger partial charge in [0.2, 0.25) is 5.43 Å². The van der Waals surface area contributed by atoms with E-state index < -0.39 is 11.0 Å². The molecule has 5 heteroatoms. The van der Waals surface area contributed by atoms with Gasteiger partial charge in [0.15, 0.2) is 0 Å². The first-order chi connectivity index (χ1) is 8.15. The second kappa shape index (κ2) is 4.69. The summed E-state index contributed by atoms with van der Waals surface area (Å²) in [6, 6.07) is 8.17. The Morgan fingerprint density at radius 2 is 1.71 bits per heavy atom. The van der Waals surface area contributed by atoms with Crippen LogP contribution < -0.4 is 11.0 Å². The quantitative estimate of drug-likeness (QED) is 0.675. The summed E-state index contributed by atoms with van der Waals surface area (Å²) in [5.41, 5.74) is 0.556. The summed E-state index contributed by atoms with van der Waals surface area (Å²) >= 11 is 0. The van der Waals surface area contributed by atoms with Crippen molar-refractivity contribution >= 4 is 0 Å². The van der Waals surface area contributed by atoms with E-state index in [1.54, 1.807) is 12.1 Å². The molecule has 0 saturated carbocycles. The van der Waals surface area contributed by atoms with E-state index in [9.17, 15) is 9.59 Å². The molecule has 0 fully saturated rings. The Kier molecular flexibility index (Phi) is 3.09. The molecular formula is C12H12N2O3. The molecule has 88 valence electrons. The lowest BCUT2D eigenvalue weighted by molar-refractivity contribution is 0.475. The maximum atomic E-state index is 11.1. The van der Waals surface area contributed by atoms with Crippen LogP contribution in [0.15, 0.2) is 39.9 Å². The summed E-state index contributed by atoms with van der Waals surface area (Å²) in [6.07, 6.45) is 1.35. The molecule has 1 heterocycles. The number of phenols is 1. The van der Waals surface area contributed by atoms with Gasteiger partial charge in [-0.25, -0.2) is 0 Å². The number of hydrogen-bond donors (Lipinski definition) is 3. The van der Waals surface area contributed by atoms with Gasteiger partial charge >= 0.3 is 5.56 Å². The first-order valence-electron chi connectivity index (χ1n) is 5.24. The Bertz CT molecular complexity index is 611. The molecule has 0 bridgehead atoms. The molecule has 2 rings (SSSR count). The summed E-state index contributed by atoms with van der Waals surface area (Å²) in [5, 5.41) is 14.1. The minimum absolute atomic E-state index is 0.228. The lowest BCUT2D eigenvalue weighted by Crippen LogP contribution is -2.27. The highest BCUT2D eigenvalue weighted by molar-refractivity contribution is 5.26. The number of aromatic hydroxyl groups is 1. The lowest BCUT2D eigenvalue weighted by atomic mass is 10.1. The summed E-state index contributed by atoms with van der Waals surface area (Å²) in [7, 11) is 0. The van der Waals surface area contributed by atoms with E-state index >= 15 is 0 Å². The molecule has 0 radical (unpaired) electrons. The number of nitrogens with one attached hydrogen (secondary N) is 2. The normalized spacial score (nSPS) is 10.4. The van der Waals surface area contributed by atoms with Crippen LogP contribution >= 0.6 is 0 Å². The highest BCUT2D eigenvalue weighted by atomic mass is 16.3. The van der Waals surface area contributed by atoms with Crippen LogP contribution in [-0.2, 0) is 12.8 Å². The van der Waals surface area contributed by atoms with Crippen molar-refractivity contribution in [3.05, 3.63) is 62.2 Å². The second-order valence-electron chi connectivity index (χ2n) is 3.78. The number of phenolic OH excluding ortho intramolecular Hbond substituents is 1. The smallest absolute Gasteiger partial charge is 0.310 e. The summed E-state index contributed by atoms with van der Waals surface area (Å²) < 4.78 is 0. The molecule has 0 aliphatic heterocycles. The molecule has 0 aliphatic rings. The lowest BCUT2D eigenvalue weighted by Gasteiger charge is -2.01. The van der Waals surface area contributed by atoms with Crippen LogP contribution in [0.25, 0.3) is 0 Å². The van der Waals surface area contributed by atoms with Crippen LogP contribution in [0.4, 0.5) is 0 Å². The Morgan fingerprint density at radius 1 is 1.00 bits per heavy atom. The largest absolute Gasteiger partial charge is 0.508 e. The highest BCUT2D eigenvalue weighted by Crippen LogP contribution is 2.11. The molecule has 0 atom stereocenters. The van der Waals surface area contributed by atoms with E-state index in [1.807, 2.05) is 12.1 Å². The molecule has 0 unspecified atom stereocenters. The molecule has 1 aromatic heterocycles. The molecule has 17 heavy (non-hydrogen) atoms. The van der Waals surface area contributed by atoms with Crippen LogP contribution in [0.2, 0.25) is 0 Å². The van der Waals surface area contributed by atoms with Crippen LogP contribution in [0.3, 0.4) is 0 Å². The third-order valence-corrected chi connectivity index (χ3v) is 2.49. The monoisotopic (exact) mass is 232 g/mol. The SMILES string of the molecule is O=c1cc(CCc2ccc(O)cc2)[nH][nH]c1=O. The number of aromatic amines is 2. The van der Waals surface area contributed by atoms with Crippen LogP contribution in [0, 0.1) is 0 Å². The fourth-order valence-electron chi connectivity index (χ4n) is 1.53. The van der Waals surface area contributed by atoms with Gasteiger partial charge in [0, 0.05) is 11.8 Å². The third-order valence-electron chi connectivity index (χ3n) is 2.49. The topological polar surface area (TPSA) is 85.9 Å². The van der Waals surface area contributed by atoms with E-state index in [2.05, 4.69) is 10.2 Å². The minimum atomic E-state index is -0.640. The summed E-state index contributed by atoms with van der Waals surface area (Å²) in [5.74, 6) is 0.228. The maximum Gasteiger partial charge on any atom is 0.310 e. The zero-order valence-electron chi connectivity index (χ0n) is 9.06. The summed E-state index contributed by atoms with van der Waals surface area (Å²) in [4.78, 5) is 22.0. The van der Waals surface area contributed by atoms with Crippen LogP contribution in [0.1, 0.15) is 11.3 Å². The Labute approximate surface area is 96.7 Å². The van der Waals surface area contributed by atoms with Gasteiger partial charge in [0.1, 0.15) is 5.75 Å². The van der Waals surface area contributed by atoms with Gasteiger partial charge in [-0.1, -0.05) is 12.1 Å². The molecule has 3 N–H and O–H groups in total. The first kappa shape index (κ1) is 11.2. The van der Waals surface area contributed by atoms with Crippen molar-refractivity contribution in [3.63, 3.8) is 0 Å². The molecule has 1 aromatic carbocycles. The Hall–Kier alpha value is -2.30. The van der Waals surface area contributed by atoms with Gasteiger partial charge < -0.3 is 10.2 Å². The summed E-state index contributed by atoms with van der Waals surface area (Å²) in [6.45, 7) is 0. The fraction of sp³-hybridized carbons (Fsp3) is 0.167. The number of hydrogen-bond acceptors (Lipinski definition) is 3. The number of aryl methyl sites for hydroxylation is 2. The zero-order valence-corrected chi connectivity index (χ0v) is 9.06. The molecular weight excluding hydrogens is 220 g/mol. The minimum Gasteiger partial charge on any atom is -0.508 e. The predicted octanol–water partition coefficient (Wildman–Crippen LogP) is 0.554. The van der Waals surface area contributed by atoms with Crippen LogP contribution in [-0.4, -0.2) is 15.3 Å². The first-order valence-corrected chi connectivity index (χ1v) is 5.24. The van der Waals surface area contributed by atoms with Crippen LogP contribution in [0.5, 0.6) is 5.75 Å². The third kappa shape index (κ3) is 2.84. The van der Waals surface area contributed by atoms with E-state index in [0.29, 0.717) is 12.1 Å². The van der Waals surface area contributed by atoms with Gasteiger partial charge in [-0.05, 0) is 30.5 Å². The molecule has 0 aliphatic carbocycles. The predicted molar refractivity (Wildman–Crippen MR) is 63.2 cm³/mol. The van der Waals surface area contributed by atoms with E-state index in [0.717, 1.165) is 12.0 Å².